The molecule has 0 bridgehead atoms. The van der Waals surface area contributed by atoms with Gasteiger partial charge in [0.25, 0.3) is 0 Å². The molecule has 1 aliphatic heterocycles. The number of halogens is 1. The molecule has 1 N–H and O–H groups in total. The summed E-state index contributed by atoms with van der Waals surface area (Å²) in [5, 5.41) is 9.18. The number of piperidine rings is 1. The summed E-state index contributed by atoms with van der Waals surface area (Å²) in [4.78, 5) is 26.7. The van der Waals surface area contributed by atoms with Crippen molar-refractivity contribution in [2.24, 2.45) is 5.92 Å². The Hall–Kier alpha value is -2.31. The molecular formula is C18H25FN2O4. The first-order valence-corrected chi connectivity index (χ1v) is 8.46. The van der Waals surface area contributed by atoms with Crippen LogP contribution in [0.4, 0.5) is 9.18 Å². The van der Waals surface area contributed by atoms with Crippen LogP contribution in [-0.2, 0) is 4.79 Å². The summed E-state index contributed by atoms with van der Waals surface area (Å²) in [5.41, 5.74) is 0. The number of carboxylic acid groups (broad SMARTS) is 1. The maximum Gasteiger partial charge on any atom is 0.407 e. The Morgan fingerprint density at radius 2 is 1.80 bits per heavy atom. The number of carbonyl (C=O) groups excluding carboxylic acids is 1. The first-order valence-electron chi connectivity index (χ1n) is 8.46. The van der Waals surface area contributed by atoms with E-state index in [2.05, 4.69) is 0 Å². The fourth-order valence-electron chi connectivity index (χ4n) is 3.10. The second-order valence-corrected chi connectivity index (χ2v) is 6.68. The minimum absolute atomic E-state index is 0.0378. The van der Waals surface area contributed by atoms with E-state index in [1.54, 1.807) is 17.0 Å². The maximum atomic E-state index is 12.9. The monoisotopic (exact) mass is 352 g/mol. The van der Waals surface area contributed by atoms with Crippen molar-refractivity contribution in [1.29, 1.82) is 0 Å². The molecule has 0 unspecified atom stereocenters. The largest absolute Gasteiger partial charge is 0.490 e. The summed E-state index contributed by atoms with van der Waals surface area (Å²) in [7, 11) is 1.43. The summed E-state index contributed by atoms with van der Waals surface area (Å²) in [6.45, 7) is 4.71. The van der Waals surface area contributed by atoms with E-state index in [0.717, 1.165) is 4.90 Å². The van der Waals surface area contributed by atoms with Gasteiger partial charge in [0.05, 0.1) is 0 Å². The molecule has 1 saturated heterocycles. The summed E-state index contributed by atoms with van der Waals surface area (Å²) < 4.78 is 18.7. The van der Waals surface area contributed by atoms with Gasteiger partial charge in [-0.2, -0.15) is 0 Å². The number of likely N-dealkylation sites (N-methyl/N-ethyl adjacent to an activating group) is 1. The molecule has 0 aromatic heterocycles. The van der Waals surface area contributed by atoms with E-state index in [-0.39, 0.29) is 23.7 Å². The molecule has 7 heteroatoms. The highest BCUT2D eigenvalue weighted by Crippen LogP contribution is 2.21. The summed E-state index contributed by atoms with van der Waals surface area (Å²) in [6.07, 6.45) is 0.168. The van der Waals surface area contributed by atoms with Crippen molar-refractivity contribution in [3.63, 3.8) is 0 Å². The van der Waals surface area contributed by atoms with E-state index < -0.39 is 12.1 Å². The van der Waals surface area contributed by atoms with E-state index in [9.17, 15) is 19.1 Å². The number of rotatable bonds is 5. The van der Waals surface area contributed by atoms with E-state index in [4.69, 9.17) is 4.74 Å². The average molecular weight is 352 g/mol. The molecule has 0 saturated carbocycles. The van der Waals surface area contributed by atoms with E-state index in [0.29, 0.717) is 31.7 Å². The molecule has 0 spiro atoms. The van der Waals surface area contributed by atoms with Crippen LogP contribution in [0.2, 0.25) is 0 Å². The molecule has 25 heavy (non-hydrogen) atoms. The Bertz CT molecular complexity index is 598. The topological polar surface area (TPSA) is 70.1 Å². The molecule has 1 aliphatic rings. The minimum atomic E-state index is -1.11. The van der Waals surface area contributed by atoms with Crippen LogP contribution in [0.5, 0.6) is 5.75 Å². The average Bonchev–Trinajstić information content (AvgIpc) is 2.57. The number of carbonyl (C=O) groups is 2. The van der Waals surface area contributed by atoms with Gasteiger partial charge >= 0.3 is 6.09 Å². The van der Waals surface area contributed by atoms with E-state index >= 15 is 0 Å². The van der Waals surface area contributed by atoms with Crippen molar-refractivity contribution >= 4 is 12.0 Å². The number of hydrogen-bond acceptors (Lipinski definition) is 3. The van der Waals surface area contributed by atoms with Gasteiger partial charge in [0.2, 0.25) is 5.91 Å². The van der Waals surface area contributed by atoms with Gasteiger partial charge in [-0.3, -0.25) is 9.69 Å². The lowest BCUT2D eigenvalue weighted by Crippen LogP contribution is -2.54. The van der Waals surface area contributed by atoms with Gasteiger partial charge in [-0.1, -0.05) is 13.8 Å². The number of likely N-dealkylation sites (tertiary alicyclic amines) is 1. The molecule has 1 atom stereocenters. The molecule has 1 fully saturated rings. The fourth-order valence-corrected chi connectivity index (χ4v) is 3.10. The Morgan fingerprint density at radius 1 is 1.24 bits per heavy atom. The van der Waals surface area contributed by atoms with Gasteiger partial charge in [-0.05, 0) is 30.2 Å². The van der Waals surface area contributed by atoms with Crippen molar-refractivity contribution in [3.8, 4) is 5.75 Å². The number of nitrogens with zero attached hydrogens (tertiary/aromatic N) is 2. The standard InChI is InChI=1S/C18H25FN2O4/c1-12(2)16(20(3)18(23)24)17(22)21-10-8-15(9-11-21)25-14-6-4-13(19)5-7-14/h4-7,12,15-16H,8-11H2,1-3H3,(H,23,24)/t16-/m0/s1. The van der Waals surface area contributed by atoms with Gasteiger partial charge in [0.1, 0.15) is 23.7 Å². The highest BCUT2D eigenvalue weighted by Gasteiger charge is 2.35. The van der Waals surface area contributed by atoms with E-state index in [1.165, 1.54) is 19.2 Å². The number of hydrogen-bond donors (Lipinski definition) is 1. The predicted octanol–water partition coefficient (Wildman–Crippen LogP) is 2.83. The SMILES string of the molecule is CC(C)[C@@H](C(=O)N1CCC(Oc2ccc(F)cc2)CC1)N(C)C(=O)O. The number of benzene rings is 1. The number of ether oxygens (including phenoxy) is 1. The lowest BCUT2D eigenvalue weighted by atomic mass is 9.99. The van der Waals surface area contributed by atoms with Crippen LogP contribution in [0.15, 0.2) is 24.3 Å². The highest BCUT2D eigenvalue weighted by atomic mass is 19.1. The Labute approximate surface area is 147 Å². The smallest absolute Gasteiger partial charge is 0.407 e. The second-order valence-electron chi connectivity index (χ2n) is 6.68. The third kappa shape index (κ3) is 4.84. The van der Waals surface area contributed by atoms with Crippen LogP contribution in [0, 0.1) is 11.7 Å². The highest BCUT2D eigenvalue weighted by molar-refractivity contribution is 5.85. The maximum absolute atomic E-state index is 12.9. The lowest BCUT2D eigenvalue weighted by Gasteiger charge is -2.37. The quantitative estimate of drug-likeness (QED) is 0.885. The van der Waals surface area contributed by atoms with Gasteiger partial charge in [0, 0.05) is 33.0 Å². The number of amides is 2. The van der Waals surface area contributed by atoms with Gasteiger partial charge < -0.3 is 14.7 Å². The summed E-state index contributed by atoms with van der Waals surface area (Å²) >= 11 is 0. The summed E-state index contributed by atoms with van der Waals surface area (Å²) in [5.74, 6) is 0.0220. The van der Waals surface area contributed by atoms with Gasteiger partial charge in [0.15, 0.2) is 0 Å². The molecule has 138 valence electrons. The lowest BCUT2D eigenvalue weighted by molar-refractivity contribution is -0.139. The molecular weight excluding hydrogens is 327 g/mol. The predicted molar refractivity (Wildman–Crippen MR) is 91.0 cm³/mol. The first kappa shape index (κ1) is 19.0. The molecule has 6 nitrogen and oxygen atoms in total. The van der Waals surface area contributed by atoms with Gasteiger partial charge in [-0.15, -0.1) is 0 Å². The van der Waals surface area contributed by atoms with Crippen LogP contribution in [0.3, 0.4) is 0 Å². The Kier molecular flexibility index (Phi) is 6.22. The van der Waals surface area contributed by atoms with Gasteiger partial charge in [-0.25, -0.2) is 9.18 Å². The summed E-state index contributed by atoms with van der Waals surface area (Å²) in [6, 6.07) is 5.19. The van der Waals surface area contributed by atoms with Crippen molar-refractivity contribution in [1.82, 2.24) is 9.80 Å². The van der Waals surface area contributed by atoms with Crippen molar-refractivity contribution in [3.05, 3.63) is 30.1 Å². The van der Waals surface area contributed by atoms with Crippen molar-refractivity contribution in [2.75, 3.05) is 20.1 Å². The first-order chi connectivity index (χ1) is 11.8. The molecule has 0 radical (unpaired) electrons. The molecule has 1 aromatic carbocycles. The molecule has 2 amide bonds. The van der Waals surface area contributed by atoms with Crippen LogP contribution in [0.25, 0.3) is 0 Å². The molecule has 1 heterocycles. The zero-order valence-corrected chi connectivity index (χ0v) is 14.8. The van der Waals surface area contributed by atoms with Crippen LogP contribution >= 0.6 is 0 Å². The van der Waals surface area contributed by atoms with E-state index in [1.807, 2.05) is 13.8 Å². The van der Waals surface area contributed by atoms with Crippen molar-refractivity contribution < 1.29 is 23.8 Å². The second kappa shape index (κ2) is 8.18. The molecule has 0 aliphatic carbocycles. The normalized spacial score (nSPS) is 16.6. The fraction of sp³-hybridized carbons (Fsp3) is 0.556. The molecule has 1 aromatic rings. The zero-order chi connectivity index (χ0) is 18.6. The third-order valence-electron chi connectivity index (χ3n) is 4.47. The van der Waals surface area contributed by atoms with Crippen LogP contribution < -0.4 is 4.74 Å². The molecule has 2 rings (SSSR count). The van der Waals surface area contributed by atoms with Crippen molar-refractivity contribution in [2.45, 2.75) is 38.8 Å². The van der Waals surface area contributed by atoms with Crippen LogP contribution in [-0.4, -0.2) is 59.2 Å². The Morgan fingerprint density at radius 3 is 2.28 bits per heavy atom. The zero-order valence-electron chi connectivity index (χ0n) is 14.8. The Balaban J connectivity index is 1.92. The van der Waals surface area contributed by atoms with Crippen LogP contribution in [0.1, 0.15) is 26.7 Å². The minimum Gasteiger partial charge on any atom is -0.490 e. The third-order valence-corrected chi connectivity index (χ3v) is 4.47.